The maximum atomic E-state index is 9.67. The average molecular weight is 358 g/mol. The summed E-state index contributed by atoms with van der Waals surface area (Å²) in [6.07, 6.45) is 2.51. The van der Waals surface area contributed by atoms with Crippen molar-refractivity contribution in [1.29, 1.82) is 0 Å². The van der Waals surface area contributed by atoms with E-state index in [1.54, 1.807) is 6.07 Å². The predicted molar refractivity (Wildman–Crippen MR) is 90.5 cm³/mol. The number of benzene rings is 2. The number of aromatic hydroxyl groups is 1. The topological polar surface area (TPSA) is 74.9 Å². The second kappa shape index (κ2) is 6.34. The van der Waals surface area contributed by atoms with Crippen molar-refractivity contribution in [1.82, 2.24) is 9.97 Å². The number of nitrogens with two attached hydrogens (primary N) is 1. The van der Waals surface area contributed by atoms with Crippen LogP contribution < -0.4 is 5.73 Å². The van der Waals surface area contributed by atoms with E-state index in [0.29, 0.717) is 13.0 Å². The quantitative estimate of drug-likeness (QED) is 0.667. The van der Waals surface area contributed by atoms with E-state index in [1.807, 2.05) is 42.6 Å². The molecule has 2 aromatic carbocycles. The fraction of sp³-hybridized carbons (Fsp3) is 0.118. The van der Waals surface area contributed by atoms with Gasteiger partial charge in [0.05, 0.1) is 11.9 Å². The zero-order valence-corrected chi connectivity index (χ0v) is 13.5. The second-order valence-corrected chi connectivity index (χ2v) is 6.01. The summed E-state index contributed by atoms with van der Waals surface area (Å²) in [7, 11) is 0. The number of nitrogens with zero attached hydrogens (tertiary/aromatic N) is 1. The van der Waals surface area contributed by atoms with E-state index in [4.69, 9.17) is 5.73 Å². The molecule has 22 heavy (non-hydrogen) atoms. The molecule has 1 heterocycles. The molecule has 3 rings (SSSR count). The number of phenolic OH excluding ortho intramolecular Hbond substituents is 1. The van der Waals surface area contributed by atoms with Crippen molar-refractivity contribution in [2.24, 2.45) is 5.73 Å². The lowest BCUT2D eigenvalue weighted by molar-refractivity contribution is 0.468. The fourth-order valence-electron chi connectivity index (χ4n) is 2.33. The van der Waals surface area contributed by atoms with Gasteiger partial charge in [-0.3, -0.25) is 0 Å². The van der Waals surface area contributed by atoms with Gasteiger partial charge in [0.15, 0.2) is 0 Å². The van der Waals surface area contributed by atoms with Crippen LogP contribution >= 0.6 is 15.9 Å². The van der Waals surface area contributed by atoms with Crippen molar-refractivity contribution in [3.63, 3.8) is 0 Å². The van der Waals surface area contributed by atoms with Gasteiger partial charge < -0.3 is 15.8 Å². The molecule has 112 valence electrons. The van der Waals surface area contributed by atoms with E-state index in [0.717, 1.165) is 32.7 Å². The molecule has 4 nitrogen and oxygen atoms in total. The lowest BCUT2D eigenvalue weighted by Gasteiger charge is -2.05. The number of hydrogen-bond acceptors (Lipinski definition) is 3. The van der Waals surface area contributed by atoms with Gasteiger partial charge in [0.1, 0.15) is 11.6 Å². The molecule has 0 amide bonds. The molecule has 0 aliphatic carbocycles. The van der Waals surface area contributed by atoms with Crippen LogP contribution in [0.5, 0.6) is 5.75 Å². The monoisotopic (exact) mass is 357 g/mol. The summed E-state index contributed by atoms with van der Waals surface area (Å²) in [5.74, 6) is 1.12. The number of rotatable bonds is 4. The highest BCUT2D eigenvalue weighted by Crippen LogP contribution is 2.22. The number of aromatic nitrogens is 2. The van der Waals surface area contributed by atoms with Gasteiger partial charge in [-0.2, -0.15) is 0 Å². The maximum Gasteiger partial charge on any atom is 0.120 e. The zero-order chi connectivity index (χ0) is 15.5. The summed E-state index contributed by atoms with van der Waals surface area (Å²) >= 11 is 3.43. The van der Waals surface area contributed by atoms with Crippen LogP contribution in [0.2, 0.25) is 0 Å². The highest BCUT2D eigenvalue weighted by atomic mass is 79.9. The van der Waals surface area contributed by atoms with Crippen molar-refractivity contribution in [3.05, 3.63) is 70.1 Å². The molecule has 0 spiro atoms. The lowest BCUT2D eigenvalue weighted by Crippen LogP contribution is -1.99. The fourth-order valence-corrected chi connectivity index (χ4v) is 2.60. The van der Waals surface area contributed by atoms with Gasteiger partial charge in [0.2, 0.25) is 0 Å². The van der Waals surface area contributed by atoms with Crippen molar-refractivity contribution >= 4 is 15.9 Å². The smallest absolute Gasteiger partial charge is 0.120 e. The summed E-state index contributed by atoms with van der Waals surface area (Å²) < 4.78 is 1.05. The maximum absolute atomic E-state index is 9.67. The summed E-state index contributed by atoms with van der Waals surface area (Å²) in [4.78, 5) is 7.76. The standard InChI is InChI=1S/C17H16BrN3O/c18-14-4-2-12(3-5-14)15-10-20-17(21-15)8-11-1-6-16(22)13(7-11)9-19/h1-7,10,22H,8-9,19H2,(H,20,21). The Balaban J connectivity index is 1.81. The minimum atomic E-state index is 0.237. The first-order valence-electron chi connectivity index (χ1n) is 6.96. The van der Waals surface area contributed by atoms with Crippen LogP contribution in [0, 0.1) is 0 Å². The van der Waals surface area contributed by atoms with Gasteiger partial charge >= 0.3 is 0 Å². The molecule has 0 saturated carbocycles. The minimum Gasteiger partial charge on any atom is -0.508 e. The van der Waals surface area contributed by atoms with E-state index < -0.39 is 0 Å². The molecule has 1 aromatic heterocycles. The number of hydrogen-bond donors (Lipinski definition) is 3. The van der Waals surface area contributed by atoms with Gasteiger partial charge in [-0.05, 0) is 29.3 Å². The first-order valence-corrected chi connectivity index (χ1v) is 7.75. The number of nitrogens with one attached hydrogen (secondary N) is 1. The molecule has 0 saturated heterocycles. The van der Waals surface area contributed by atoms with Gasteiger partial charge in [0.25, 0.3) is 0 Å². The highest BCUT2D eigenvalue weighted by molar-refractivity contribution is 9.10. The number of H-pyrrole nitrogens is 1. The minimum absolute atomic E-state index is 0.237. The molecule has 0 aliphatic heterocycles. The van der Waals surface area contributed by atoms with E-state index in [-0.39, 0.29) is 5.75 Å². The van der Waals surface area contributed by atoms with E-state index in [1.165, 1.54) is 0 Å². The Labute approximate surface area is 137 Å². The zero-order valence-electron chi connectivity index (χ0n) is 11.9. The van der Waals surface area contributed by atoms with Crippen molar-refractivity contribution in [3.8, 4) is 17.0 Å². The van der Waals surface area contributed by atoms with Crippen LogP contribution in [-0.2, 0) is 13.0 Å². The molecule has 0 atom stereocenters. The number of aromatic amines is 1. The van der Waals surface area contributed by atoms with Crippen LogP contribution in [0.1, 0.15) is 17.0 Å². The molecule has 0 bridgehead atoms. The van der Waals surface area contributed by atoms with Gasteiger partial charge in [-0.1, -0.05) is 40.2 Å². The van der Waals surface area contributed by atoms with Crippen LogP contribution in [0.25, 0.3) is 11.3 Å². The van der Waals surface area contributed by atoms with Crippen LogP contribution in [0.15, 0.2) is 53.1 Å². The van der Waals surface area contributed by atoms with Gasteiger partial charge in [0, 0.05) is 23.0 Å². The summed E-state index contributed by atoms with van der Waals surface area (Å²) in [6, 6.07) is 13.6. The first kappa shape index (κ1) is 14.8. The Morgan fingerprint density at radius 1 is 1.14 bits per heavy atom. The molecular formula is C17H16BrN3O. The van der Waals surface area contributed by atoms with Crippen LogP contribution in [-0.4, -0.2) is 15.1 Å². The Hall–Kier alpha value is -2.11. The summed E-state index contributed by atoms with van der Waals surface area (Å²) in [5, 5.41) is 9.67. The number of halogens is 1. The average Bonchev–Trinajstić information content (AvgIpc) is 2.98. The largest absolute Gasteiger partial charge is 0.508 e. The Bertz CT molecular complexity index is 781. The Morgan fingerprint density at radius 3 is 2.64 bits per heavy atom. The third-order valence-corrected chi connectivity index (χ3v) is 4.05. The van der Waals surface area contributed by atoms with Crippen molar-refractivity contribution < 1.29 is 5.11 Å². The third kappa shape index (κ3) is 3.21. The second-order valence-electron chi connectivity index (χ2n) is 5.09. The van der Waals surface area contributed by atoms with Crippen molar-refractivity contribution in [2.45, 2.75) is 13.0 Å². The van der Waals surface area contributed by atoms with E-state index in [2.05, 4.69) is 25.9 Å². The highest BCUT2D eigenvalue weighted by Gasteiger charge is 2.06. The Kier molecular flexibility index (Phi) is 4.27. The SMILES string of the molecule is NCc1cc(Cc2ncc(-c3ccc(Br)cc3)[nH]2)ccc1O. The normalized spacial score (nSPS) is 10.8. The molecule has 5 heteroatoms. The first-order chi connectivity index (χ1) is 10.7. The number of imidazole rings is 1. The predicted octanol–water partition coefficient (Wildman–Crippen LogP) is 3.59. The molecular weight excluding hydrogens is 342 g/mol. The summed E-state index contributed by atoms with van der Waals surface area (Å²) in [6.45, 7) is 0.321. The number of phenols is 1. The van der Waals surface area contributed by atoms with Crippen LogP contribution in [0.4, 0.5) is 0 Å². The van der Waals surface area contributed by atoms with E-state index in [9.17, 15) is 5.11 Å². The molecule has 0 fully saturated rings. The molecule has 3 aromatic rings. The molecule has 0 unspecified atom stereocenters. The molecule has 0 aliphatic rings. The van der Waals surface area contributed by atoms with Crippen LogP contribution in [0.3, 0.4) is 0 Å². The Morgan fingerprint density at radius 2 is 1.91 bits per heavy atom. The third-order valence-electron chi connectivity index (χ3n) is 3.52. The lowest BCUT2D eigenvalue weighted by atomic mass is 10.1. The van der Waals surface area contributed by atoms with Crippen molar-refractivity contribution in [2.75, 3.05) is 0 Å². The van der Waals surface area contributed by atoms with E-state index >= 15 is 0 Å². The molecule has 0 radical (unpaired) electrons. The molecule has 4 N–H and O–H groups in total. The summed E-state index contributed by atoms with van der Waals surface area (Å²) in [5.41, 5.74) is 9.51. The van der Waals surface area contributed by atoms with Gasteiger partial charge in [-0.15, -0.1) is 0 Å². The van der Waals surface area contributed by atoms with Gasteiger partial charge in [-0.25, -0.2) is 4.98 Å².